The molecular formula is C31H24ClNO2S. The fourth-order valence-corrected chi connectivity index (χ4v) is 6.67. The van der Waals surface area contributed by atoms with Gasteiger partial charge in [0.2, 0.25) is 5.72 Å². The standard InChI is InChI=1S/C31H24ClNO2S/c1-21-29(23-10-4-2-5-11-23)30(34)33-26-14-8-9-15-27(26)36-28(22-16-18-25(32)19-17-22)20-31(33,35-21)24-12-6-3-7-13-24/h2-19,28H,20H2,1H3/t28-,31-/m0/s1. The van der Waals surface area contributed by atoms with Crippen molar-refractivity contribution in [2.75, 3.05) is 4.90 Å². The molecule has 0 aromatic heterocycles. The molecule has 178 valence electrons. The summed E-state index contributed by atoms with van der Waals surface area (Å²) in [6, 6.07) is 36.0. The summed E-state index contributed by atoms with van der Waals surface area (Å²) in [7, 11) is 0. The first-order valence-electron chi connectivity index (χ1n) is 11.9. The Hall–Kier alpha value is -3.47. The molecule has 2 heterocycles. The van der Waals surface area contributed by atoms with Gasteiger partial charge < -0.3 is 4.74 Å². The van der Waals surface area contributed by atoms with E-state index in [9.17, 15) is 4.79 Å². The van der Waals surface area contributed by atoms with E-state index in [1.54, 1.807) is 11.8 Å². The van der Waals surface area contributed by atoms with Crippen LogP contribution in [0.15, 0.2) is 120 Å². The maximum atomic E-state index is 14.5. The highest BCUT2D eigenvalue weighted by Crippen LogP contribution is 2.56. The van der Waals surface area contributed by atoms with E-state index in [0.29, 0.717) is 22.8 Å². The molecule has 2 atom stereocenters. The minimum Gasteiger partial charge on any atom is -0.467 e. The Morgan fingerprint density at radius 3 is 2.22 bits per heavy atom. The lowest BCUT2D eigenvalue weighted by Crippen LogP contribution is -2.55. The predicted molar refractivity (Wildman–Crippen MR) is 147 cm³/mol. The molecular weight excluding hydrogens is 486 g/mol. The van der Waals surface area contributed by atoms with Gasteiger partial charge in [0.15, 0.2) is 0 Å². The summed E-state index contributed by atoms with van der Waals surface area (Å²) in [6.45, 7) is 1.91. The highest BCUT2D eigenvalue weighted by molar-refractivity contribution is 7.99. The van der Waals surface area contributed by atoms with Crippen LogP contribution in [0.4, 0.5) is 5.69 Å². The average Bonchev–Trinajstić information content (AvgIpc) is 3.05. The minimum absolute atomic E-state index is 0.0347. The quantitative estimate of drug-likeness (QED) is 0.278. The fraction of sp³-hybridized carbons (Fsp3) is 0.129. The Morgan fingerprint density at radius 2 is 1.50 bits per heavy atom. The number of amides is 1. The van der Waals surface area contributed by atoms with Crippen molar-refractivity contribution in [2.45, 2.75) is 29.2 Å². The Labute approximate surface area is 220 Å². The highest BCUT2D eigenvalue weighted by Gasteiger charge is 2.53. The van der Waals surface area contributed by atoms with E-state index >= 15 is 0 Å². The number of rotatable bonds is 3. The average molecular weight is 510 g/mol. The van der Waals surface area contributed by atoms with E-state index in [1.165, 1.54) is 0 Å². The van der Waals surface area contributed by atoms with E-state index in [2.05, 4.69) is 30.3 Å². The van der Waals surface area contributed by atoms with Crippen LogP contribution < -0.4 is 4.90 Å². The number of benzene rings is 4. The summed E-state index contributed by atoms with van der Waals surface area (Å²) in [4.78, 5) is 17.4. The molecule has 36 heavy (non-hydrogen) atoms. The topological polar surface area (TPSA) is 29.5 Å². The Morgan fingerprint density at radius 1 is 0.861 bits per heavy atom. The van der Waals surface area contributed by atoms with Gasteiger partial charge in [-0.2, -0.15) is 0 Å². The molecule has 0 N–H and O–H groups in total. The van der Waals surface area contributed by atoms with Crippen molar-refractivity contribution in [3.05, 3.63) is 137 Å². The van der Waals surface area contributed by atoms with Crippen LogP contribution in [-0.2, 0) is 15.3 Å². The maximum absolute atomic E-state index is 14.5. The van der Waals surface area contributed by atoms with Gasteiger partial charge in [0.1, 0.15) is 5.76 Å². The monoisotopic (exact) mass is 509 g/mol. The first-order chi connectivity index (χ1) is 17.6. The zero-order chi connectivity index (χ0) is 24.7. The summed E-state index contributed by atoms with van der Waals surface area (Å²) < 4.78 is 6.96. The third-order valence-corrected chi connectivity index (χ3v) is 8.39. The van der Waals surface area contributed by atoms with Crippen molar-refractivity contribution in [1.82, 2.24) is 0 Å². The van der Waals surface area contributed by atoms with Crippen molar-refractivity contribution in [3.8, 4) is 0 Å². The molecule has 1 amide bonds. The number of ether oxygens (including phenoxy) is 1. The molecule has 0 saturated carbocycles. The van der Waals surface area contributed by atoms with Crippen LogP contribution in [0.2, 0.25) is 5.02 Å². The Balaban J connectivity index is 1.61. The highest BCUT2D eigenvalue weighted by atomic mass is 35.5. The molecule has 5 heteroatoms. The zero-order valence-electron chi connectivity index (χ0n) is 19.7. The van der Waals surface area contributed by atoms with Crippen molar-refractivity contribution >= 4 is 40.5 Å². The Kier molecular flexibility index (Phi) is 5.87. The number of thioether (sulfide) groups is 1. The largest absolute Gasteiger partial charge is 0.467 e. The number of anilines is 1. The minimum atomic E-state index is -1.01. The summed E-state index contributed by atoms with van der Waals surface area (Å²) in [6.07, 6.45) is 0.573. The molecule has 0 unspecified atom stereocenters. The summed E-state index contributed by atoms with van der Waals surface area (Å²) >= 11 is 7.98. The molecule has 3 nitrogen and oxygen atoms in total. The molecule has 0 fully saturated rings. The van der Waals surface area contributed by atoms with Gasteiger partial charge >= 0.3 is 0 Å². The van der Waals surface area contributed by atoms with Crippen LogP contribution in [0.3, 0.4) is 0 Å². The van der Waals surface area contributed by atoms with Crippen molar-refractivity contribution < 1.29 is 9.53 Å². The zero-order valence-corrected chi connectivity index (χ0v) is 21.3. The number of para-hydroxylation sites is 1. The molecule has 0 aliphatic carbocycles. The van der Waals surface area contributed by atoms with Gasteiger partial charge in [-0.15, -0.1) is 11.8 Å². The SMILES string of the molecule is CC1=C(c2ccccc2)C(=O)N2c3ccccc3S[C@H](c3ccc(Cl)cc3)C[C@@]2(c2ccccc2)O1. The third kappa shape index (κ3) is 3.82. The lowest BCUT2D eigenvalue weighted by Gasteiger charge is -2.47. The molecule has 4 aromatic rings. The number of carbonyl (C=O) groups is 1. The van der Waals surface area contributed by atoms with E-state index in [4.69, 9.17) is 16.3 Å². The molecule has 2 aliphatic rings. The van der Waals surface area contributed by atoms with Gasteiger partial charge in [-0.3, -0.25) is 9.69 Å². The van der Waals surface area contributed by atoms with E-state index in [-0.39, 0.29) is 11.2 Å². The van der Waals surface area contributed by atoms with Crippen molar-refractivity contribution in [1.29, 1.82) is 0 Å². The lowest BCUT2D eigenvalue weighted by molar-refractivity contribution is -0.123. The Bertz CT molecular complexity index is 1450. The second-order valence-electron chi connectivity index (χ2n) is 9.02. The molecule has 0 saturated heterocycles. The van der Waals surface area contributed by atoms with Crippen LogP contribution in [0.1, 0.15) is 35.3 Å². The van der Waals surface area contributed by atoms with Crippen molar-refractivity contribution in [3.63, 3.8) is 0 Å². The molecule has 0 spiro atoms. The number of hydrogen-bond donors (Lipinski definition) is 0. The molecule has 0 radical (unpaired) electrons. The summed E-state index contributed by atoms with van der Waals surface area (Å²) in [5.74, 6) is 0.573. The molecule has 4 aromatic carbocycles. The second kappa shape index (κ2) is 9.20. The first-order valence-corrected chi connectivity index (χ1v) is 13.2. The third-order valence-electron chi connectivity index (χ3n) is 6.82. The summed E-state index contributed by atoms with van der Waals surface area (Å²) in [5.41, 5.74) is 3.37. The van der Waals surface area contributed by atoms with Gasteiger partial charge in [-0.05, 0) is 42.3 Å². The normalized spacial score (nSPS) is 21.3. The molecule has 0 bridgehead atoms. The van der Waals surface area contributed by atoms with Gasteiger partial charge in [0.05, 0.1) is 11.3 Å². The van der Waals surface area contributed by atoms with Crippen molar-refractivity contribution in [2.24, 2.45) is 0 Å². The van der Waals surface area contributed by atoms with Gasteiger partial charge in [0, 0.05) is 27.2 Å². The number of halogens is 1. The van der Waals surface area contributed by atoms with E-state index in [1.807, 2.05) is 90.7 Å². The van der Waals surface area contributed by atoms with Crippen LogP contribution in [0.25, 0.3) is 5.57 Å². The van der Waals surface area contributed by atoms with Gasteiger partial charge in [0.25, 0.3) is 5.91 Å². The second-order valence-corrected chi connectivity index (χ2v) is 10.7. The summed E-state index contributed by atoms with van der Waals surface area (Å²) in [5, 5.41) is 0.736. The smallest absolute Gasteiger partial charge is 0.265 e. The number of nitrogens with zero attached hydrogens (tertiary/aromatic N) is 1. The van der Waals surface area contributed by atoms with E-state index < -0.39 is 5.72 Å². The van der Waals surface area contributed by atoms with Crippen LogP contribution in [-0.4, -0.2) is 5.91 Å². The molecule has 6 rings (SSSR count). The van der Waals surface area contributed by atoms with Gasteiger partial charge in [-0.1, -0.05) is 96.5 Å². The fourth-order valence-electron chi connectivity index (χ4n) is 5.20. The first kappa shape index (κ1) is 23.0. The number of hydrogen-bond acceptors (Lipinski definition) is 3. The maximum Gasteiger partial charge on any atom is 0.265 e. The number of fused-ring (bicyclic) bond motifs is 3. The van der Waals surface area contributed by atoms with Crippen LogP contribution in [0, 0.1) is 0 Å². The lowest BCUT2D eigenvalue weighted by atomic mass is 9.89. The number of allylic oxidation sites excluding steroid dienone is 1. The molecule has 2 aliphatic heterocycles. The van der Waals surface area contributed by atoms with Crippen LogP contribution >= 0.6 is 23.4 Å². The van der Waals surface area contributed by atoms with E-state index in [0.717, 1.165) is 27.3 Å². The number of carbonyl (C=O) groups excluding carboxylic acids is 1. The predicted octanol–water partition coefficient (Wildman–Crippen LogP) is 8.22. The van der Waals surface area contributed by atoms with Crippen LogP contribution in [0.5, 0.6) is 0 Å². The van der Waals surface area contributed by atoms with Gasteiger partial charge in [-0.25, -0.2) is 0 Å².